The molecular formula is C18H25NO2. The molecule has 0 fully saturated rings. The first-order valence-electron chi connectivity index (χ1n) is 7.69. The lowest BCUT2D eigenvalue weighted by molar-refractivity contribution is -0.153. The summed E-state index contributed by atoms with van der Waals surface area (Å²) in [7, 11) is 1.62. The Morgan fingerprint density at radius 3 is 2.67 bits per heavy atom. The summed E-state index contributed by atoms with van der Waals surface area (Å²) in [5, 5.41) is 0. The number of rotatable bonds is 3. The van der Waals surface area contributed by atoms with Gasteiger partial charge in [0, 0.05) is 26.6 Å². The summed E-state index contributed by atoms with van der Waals surface area (Å²) in [4.78, 5) is 14.8. The van der Waals surface area contributed by atoms with E-state index in [1.807, 2.05) is 30.0 Å². The molecule has 0 bridgehead atoms. The summed E-state index contributed by atoms with van der Waals surface area (Å²) in [6.07, 6.45) is 8.10. The van der Waals surface area contributed by atoms with E-state index in [1.54, 1.807) is 7.11 Å². The molecule has 3 nitrogen and oxygen atoms in total. The van der Waals surface area contributed by atoms with Crippen LogP contribution in [0, 0.1) is 0 Å². The zero-order valence-corrected chi connectivity index (χ0v) is 13.0. The number of methoxy groups -OCH3 is 1. The van der Waals surface area contributed by atoms with Crippen molar-refractivity contribution in [1.29, 1.82) is 0 Å². The molecule has 0 aliphatic carbocycles. The molecule has 0 spiro atoms. The summed E-state index contributed by atoms with van der Waals surface area (Å²) >= 11 is 0. The van der Waals surface area contributed by atoms with Crippen LogP contribution in [0.3, 0.4) is 0 Å². The average molecular weight is 287 g/mol. The van der Waals surface area contributed by atoms with Gasteiger partial charge in [-0.1, -0.05) is 42.5 Å². The first-order valence-corrected chi connectivity index (χ1v) is 7.69. The number of carbonyl (C=O) groups is 1. The van der Waals surface area contributed by atoms with Crippen molar-refractivity contribution >= 4 is 5.91 Å². The van der Waals surface area contributed by atoms with Crippen LogP contribution in [0.2, 0.25) is 0 Å². The van der Waals surface area contributed by atoms with Gasteiger partial charge in [-0.25, -0.2) is 0 Å². The zero-order valence-electron chi connectivity index (χ0n) is 13.0. The lowest BCUT2D eigenvalue weighted by atomic mass is 9.97. The molecule has 21 heavy (non-hydrogen) atoms. The molecule has 0 saturated carbocycles. The molecule has 1 aliphatic rings. The van der Waals surface area contributed by atoms with Crippen LogP contribution in [0.5, 0.6) is 0 Å². The maximum Gasteiger partial charge on any atom is 0.255 e. The van der Waals surface area contributed by atoms with E-state index in [9.17, 15) is 4.79 Å². The van der Waals surface area contributed by atoms with E-state index in [-0.39, 0.29) is 5.91 Å². The van der Waals surface area contributed by atoms with Gasteiger partial charge in [-0.15, -0.1) is 0 Å². The van der Waals surface area contributed by atoms with E-state index < -0.39 is 5.60 Å². The smallest absolute Gasteiger partial charge is 0.255 e. The SMILES string of the molecule is COC1(C)C/C=C\CCCCN(Cc2ccccc2)C1=O. The highest BCUT2D eigenvalue weighted by Crippen LogP contribution is 2.22. The van der Waals surface area contributed by atoms with Gasteiger partial charge in [0.2, 0.25) is 0 Å². The first kappa shape index (κ1) is 15.8. The van der Waals surface area contributed by atoms with E-state index in [0.29, 0.717) is 13.0 Å². The molecule has 1 atom stereocenters. The van der Waals surface area contributed by atoms with Gasteiger partial charge >= 0.3 is 0 Å². The minimum atomic E-state index is -0.761. The fraction of sp³-hybridized carbons (Fsp3) is 0.500. The molecule has 0 N–H and O–H groups in total. The van der Waals surface area contributed by atoms with Crippen LogP contribution >= 0.6 is 0 Å². The third kappa shape index (κ3) is 4.18. The van der Waals surface area contributed by atoms with E-state index in [0.717, 1.165) is 31.4 Å². The monoisotopic (exact) mass is 287 g/mol. The average Bonchev–Trinajstić information content (AvgIpc) is 2.52. The van der Waals surface area contributed by atoms with E-state index in [4.69, 9.17) is 4.74 Å². The summed E-state index contributed by atoms with van der Waals surface area (Å²) in [5.41, 5.74) is 0.403. The summed E-state index contributed by atoms with van der Waals surface area (Å²) in [6, 6.07) is 10.2. The maximum absolute atomic E-state index is 12.9. The molecule has 1 aromatic carbocycles. The van der Waals surface area contributed by atoms with Crippen molar-refractivity contribution in [2.24, 2.45) is 0 Å². The normalized spacial score (nSPS) is 25.6. The highest BCUT2D eigenvalue weighted by atomic mass is 16.5. The van der Waals surface area contributed by atoms with Gasteiger partial charge in [-0.3, -0.25) is 4.79 Å². The summed E-state index contributed by atoms with van der Waals surface area (Å²) < 4.78 is 5.55. The Morgan fingerprint density at radius 1 is 1.19 bits per heavy atom. The summed E-state index contributed by atoms with van der Waals surface area (Å²) in [5.74, 6) is 0.0837. The Balaban J connectivity index is 2.19. The topological polar surface area (TPSA) is 29.5 Å². The second-order valence-electron chi connectivity index (χ2n) is 5.82. The number of allylic oxidation sites excluding steroid dienone is 1. The van der Waals surface area contributed by atoms with Crippen LogP contribution in [-0.4, -0.2) is 30.1 Å². The highest BCUT2D eigenvalue weighted by molar-refractivity contribution is 5.85. The number of carbonyl (C=O) groups excluding carboxylic acids is 1. The summed E-state index contributed by atoms with van der Waals surface area (Å²) in [6.45, 7) is 3.34. The van der Waals surface area contributed by atoms with Crippen molar-refractivity contribution in [2.45, 2.75) is 44.8 Å². The van der Waals surface area contributed by atoms with Crippen LogP contribution in [0.4, 0.5) is 0 Å². The Kier molecular flexibility index (Phi) is 5.57. The second-order valence-corrected chi connectivity index (χ2v) is 5.82. The predicted molar refractivity (Wildman–Crippen MR) is 84.9 cm³/mol. The van der Waals surface area contributed by atoms with Gasteiger partial charge in [-0.05, 0) is 31.7 Å². The molecule has 114 valence electrons. The third-order valence-corrected chi connectivity index (χ3v) is 4.13. The van der Waals surface area contributed by atoms with Crippen molar-refractivity contribution in [3.05, 3.63) is 48.0 Å². The van der Waals surface area contributed by atoms with Gasteiger partial charge in [0.15, 0.2) is 0 Å². The van der Waals surface area contributed by atoms with Gasteiger partial charge < -0.3 is 9.64 Å². The number of amides is 1. The van der Waals surface area contributed by atoms with Gasteiger partial charge in [0.05, 0.1) is 0 Å². The molecule has 1 amide bonds. The van der Waals surface area contributed by atoms with Crippen molar-refractivity contribution in [2.75, 3.05) is 13.7 Å². The van der Waals surface area contributed by atoms with Crippen LogP contribution < -0.4 is 0 Å². The Bertz CT molecular complexity index is 483. The molecule has 0 aromatic heterocycles. The molecule has 1 heterocycles. The standard InChI is InChI=1S/C18H25NO2/c1-18(21-2)13-9-4-3-5-10-14-19(17(18)20)15-16-11-7-6-8-12-16/h4,6-9,11-12H,3,5,10,13-15H2,1-2H3/b9-4-. The molecule has 2 rings (SSSR count). The Morgan fingerprint density at radius 2 is 1.95 bits per heavy atom. The Labute approximate surface area is 127 Å². The minimum absolute atomic E-state index is 0.0837. The molecule has 1 aliphatic heterocycles. The molecule has 0 saturated heterocycles. The van der Waals surface area contributed by atoms with E-state index in [1.165, 1.54) is 0 Å². The maximum atomic E-state index is 12.9. The number of hydrogen-bond donors (Lipinski definition) is 0. The quantitative estimate of drug-likeness (QED) is 0.796. The predicted octanol–water partition coefficient (Wildman–Crippen LogP) is 3.55. The fourth-order valence-electron chi connectivity index (χ4n) is 2.64. The van der Waals surface area contributed by atoms with Crippen molar-refractivity contribution in [3.63, 3.8) is 0 Å². The zero-order chi connectivity index (χ0) is 15.1. The van der Waals surface area contributed by atoms with Crippen molar-refractivity contribution < 1.29 is 9.53 Å². The van der Waals surface area contributed by atoms with Crippen LogP contribution in [0.15, 0.2) is 42.5 Å². The number of nitrogens with zero attached hydrogens (tertiary/aromatic N) is 1. The molecular weight excluding hydrogens is 262 g/mol. The minimum Gasteiger partial charge on any atom is -0.368 e. The van der Waals surface area contributed by atoms with Gasteiger partial charge in [-0.2, -0.15) is 0 Å². The molecule has 1 aromatic rings. The van der Waals surface area contributed by atoms with Crippen LogP contribution in [-0.2, 0) is 16.1 Å². The van der Waals surface area contributed by atoms with Crippen molar-refractivity contribution in [1.82, 2.24) is 4.90 Å². The van der Waals surface area contributed by atoms with E-state index in [2.05, 4.69) is 24.3 Å². The van der Waals surface area contributed by atoms with Crippen LogP contribution in [0.1, 0.15) is 38.2 Å². The van der Waals surface area contributed by atoms with E-state index >= 15 is 0 Å². The molecule has 0 radical (unpaired) electrons. The lowest BCUT2D eigenvalue weighted by Gasteiger charge is -2.33. The fourth-order valence-corrected chi connectivity index (χ4v) is 2.64. The van der Waals surface area contributed by atoms with Gasteiger partial charge in [0.1, 0.15) is 5.60 Å². The van der Waals surface area contributed by atoms with Gasteiger partial charge in [0.25, 0.3) is 5.91 Å². The number of hydrogen-bond acceptors (Lipinski definition) is 2. The third-order valence-electron chi connectivity index (χ3n) is 4.13. The number of ether oxygens (including phenoxy) is 1. The van der Waals surface area contributed by atoms with Crippen molar-refractivity contribution in [3.8, 4) is 0 Å². The molecule has 1 unspecified atom stereocenters. The highest BCUT2D eigenvalue weighted by Gasteiger charge is 2.35. The lowest BCUT2D eigenvalue weighted by Crippen LogP contribution is -2.48. The first-order chi connectivity index (χ1) is 10.2. The number of benzene rings is 1. The molecule has 3 heteroatoms. The largest absolute Gasteiger partial charge is 0.368 e. The van der Waals surface area contributed by atoms with Crippen LogP contribution in [0.25, 0.3) is 0 Å². The Hall–Kier alpha value is -1.61. The second kappa shape index (κ2) is 7.41.